The third-order valence-electron chi connectivity index (χ3n) is 5.38. The molecule has 0 aliphatic heterocycles. The Morgan fingerprint density at radius 1 is 0.739 bits per heavy atom. The van der Waals surface area contributed by atoms with Gasteiger partial charge in [-0.1, -0.05) is 90.9 Å². The highest BCUT2D eigenvalue weighted by Crippen LogP contribution is 2.35. The van der Waals surface area contributed by atoms with Gasteiger partial charge in [0.25, 0.3) is 0 Å². The third kappa shape index (κ3) is 10.8. The van der Waals surface area contributed by atoms with E-state index in [9.17, 15) is 9.90 Å². The molecule has 0 atom stereocenters. The average Bonchev–Trinajstić information content (AvgIpc) is 2.51. The predicted molar refractivity (Wildman–Crippen MR) is 101 cm³/mol. The number of aliphatic carboxylic acids is 1. The van der Waals surface area contributed by atoms with Crippen LogP contribution in [0.3, 0.4) is 0 Å². The topological polar surface area (TPSA) is 37.3 Å². The normalized spacial score (nSPS) is 12.0. The maximum atomic E-state index is 11.6. The van der Waals surface area contributed by atoms with Gasteiger partial charge in [0.1, 0.15) is 0 Å². The van der Waals surface area contributed by atoms with Crippen LogP contribution in [-0.4, -0.2) is 11.1 Å². The van der Waals surface area contributed by atoms with Crippen molar-refractivity contribution in [3.8, 4) is 0 Å². The van der Waals surface area contributed by atoms with Crippen molar-refractivity contribution in [1.82, 2.24) is 0 Å². The maximum absolute atomic E-state index is 11.6. The lowest BCUT2D eigenvalue weighted by Gasteiger charge is -2.30. The molecule has 1 N–H and O–H groups in total. The molecule has 0 amide bonds. The second-order valence-corrected chi connectivity index (χ2v) is 7.84. The van der Waals surface area contributed by atoms with E-state index in [1.807, 2.05) is 13.8 Å². The molecule has 0 radical (unpaired) electrons. The molecule has 0 aliphatic carbocycles. The number of hydrogen-bond donors (Lipinski definition) is 1. The Morgan fingerprint density at radius 3 is 1.43 bits per heavy atom. The van der Waals surface area contributed by atoms with Gasteiger partial charge in [-0.25, -0.2) is 0 Å². The van der Waals surface area contributed by atoms with Gasteiger partial charge in [0.05, 0.1) is 5.41 Å². The smallest absolute Gasteiger partial charge is 0.309 e. The van der Waals surface area contributed by atoms with Crippen LogP contribution in [-0.2, 0) is 4.79 Å². The Morgan fingerprint density at radius 2 is 1.09 bits per heavy atom. The van der Waals surface area contributed by atoms with Crippen molar-refractivity contribution >= 4 is 5.97 Å². The molecule has 0 aromatic carbocycles. The Balaban J connectivity index is 4.12. The minimum absolute atomic E-state index is 0.331. The lowest BCUT2D eigenvalue weighted by molar-refractivity contribution is -0.150. The van der Waals surface area contributed by atoms with E-state index in [4.69, 9.17) is 0 Å². The van der Waals surface area contributed by atoms with Crippen molar-refractivity contribution in [2.75, 3.05) is 0 Å². The van der Waals surface area contributed by atoms with Crippen LogP contribution in [0, 0.1) is 11.3 Å². The van der Waals surface area contributed by atoms with Gasteiger partial charge in [-0.05, 0) is 32.6 Å². The molecule has 0 rings (SSSR count). The zero-order chi connectivity index (χ0) is 17.6. The number of hydrogen-bond acceptors (Lipinski definition) is 1. The Bertz CT molecular complexity index is 268. The molecule has 0 heterocycles. The molecule has 0 unspecified atom stereocenters. The second-order valence-electron chi connectivity index (χ2n) is 7.84. The summed E-state index contributed by atoms with van der Waals surface area (Å²) in [5.74, 6) is -0.295. The molecule has 2 heteroatoms. The van der Waals surface area contributed by atoms with Crippen LogP contribution >= 0.6 is 0 Å². The predicted octanol–water partition coefficient (Wildman–Crippen LogP) is 7.21. The minimum atomic E-state index is -0.625. The summed E-state index contributed by atoms with van der Waals surface area (Å²) in [6.45, 7) is 8.33. The number of unbranched alkanes of at least 4 members (excludes halogenated alkanes) is 10. The van der Waals surface area contributed by atoms with Crippen LogP contribution in [0.1, 0.15) is 118 Å². The van der Waals surface area contributed by atoms with Crippen LogP contribution in [0.15, 0.2) is 0 Å². The highest BCUT2D eigenvalue weighted by molar-refractivity contribution is 5.74. The van der Waals surface area contributed by atoms with Crippen molar-refractivity contribution in [2.24, 2.45) is 11.3 Å². The van der Waals surface area contributed by atoms with Crippen LogP contribution in [0.5, 0.6) is 0 Å². The zero-order valence-corrected chi connectivity index (χ0v) is 16.3. The first-order chi connectivity index (χ1) is 11.0. The monoisotopic (exact) mass is 326 g/mol. The first-order valence-electron chi connectivity index (χ1n) is 10.2. The van der Waals surface area contributed by atoms with Crippen molar-refractivity contribution < 1.29 is 9.90 Å². The fourth-order valence-corrected chi connectivity index (χ4v) is 3.38. The van der Waals surface area contributed by atoms with Gasteiger partial charge in [-0.3, -0.25) is 4.79 Å². The first kappa shape index (κ1) is 22.5. The number of carboxylic acid groups (broad SMARTS) is 1. The van der Waals surface area contributed by atoms with E-state index < -0.39 is 11.4 Å². The van der Waals surface area contributed by atoms with Crippen LogP contribution in [0.4, 0.5) is 0 Å². The van der Waals surface area contributed by atoms with Crippen molar-refractivity contribution in [3.63, 3.8) is 0 Å². The molecule has 0 aromatic rings. The summed E-state index contributed by atoms with van der Waals surface area (Å²) in [6, 6.07) is 0. The summed E-state index contributed by atoms with van der Waals surface area (Å²) < 4.78 is 0. The first-order valence-corrected chi connectivity index (χ1v) is 10.2. The number of carbonyl (C=O) groups is 1. The second kappa shape index (κ2) is 13.9. The maximum Gasteiger partial charge on any atom is 0.309 e. The average molecular weight is 327 g/mol. The van der Waals surface area contributed by atoms with Crippen LogP contribution < -0.4 is 0 Å². The molecule has 0 spiro atoms. The molecule has 0 aliphatic rings. The van der Waals surface area contributed by atoms with E-state index in [1.165, 1.54) is 77.0 Å². The van der Waals surface area contributed by atoms with Gasteiger partial charge in [0.2, 0.25) is 0 Å². The van der Waals surface area contributed by atoms with Gasteiger partial charge in [0, 0.05) is 0 Å². The van der Waals surface area contributed by atoms with Crippen molar-refractivity contribution in [2.45, 2.75) is 118 Å². The molecule has 23 heavy (non-hydrogen) atoms. The van der Waals surface area contributed by atoms with Gasteiger partial charge in [-0.15, -0.1) is 0 Å². The van der Waals surface area contributed by atoms with Gasteiger partial charge < -0.3 is 5.11 Å². The standard InChI is InChI=1S/C21H42O2/c1-5-7-9-11-13-15-17-19(21(3,4)20(22)23)18-16-14-12-10-8-6-2/h19H,5-18H2,1-4H3,(H,22,23). The van der Waals surface area contributed by atoms with E-state index in [2.05, 4.69) is 13.8 Å². The molecule has 138 valence electrons. The molecule has 0 fully saturated rings. The molecule has 0 bridgehead atoms. The third-order valence-corrected chi connectivity index (χ3v) is 5.38. The van der Waals surface area contributed by atoms with Crippen LogP contribution in [0.25, 0.3) is 0 Å². The minimum Gasteiger partial charge on any atom is -0.481 e. The Labute approximate surface area is 145 Å². The Hall–Kier alpha value is -0.530. The fourth-order valence-electron chi connectivity index (χ4n) is 3.38. The molecular weight excluding hydrogens is 284 g/mol. The van der Waals surface area contributed by atoms with Gasteiger partial charge >= 0.3 is 5.97 Å². The lowest BCUT2D eigenvalue weighted by Crippen LogP contribution is -2.33. The number of rotatable bonds is 16. The molecule has 2 nitrogen and oxygen atoms in total. The van der Waals surface area contributed by atoms with Gasteiger partial charge in [-0.2, -0.15) is 0 Å². The summed E-state index contributed by atoms with van der Waals surface area (Å²) in [6.07, 6.45) is 17.6. The van der Waals surface area contributed by atoms with E-state index in [0.29, 0.717) is 5.92 Å². The summed E-state index contributed by atoms with van der Waals surface area (Å²) in [5.41, 5.74) is -0.577. The SMILES string of the molecule is CCCCCCCCC(CCCCCCCC)C(C)(C)C(=O)O. The number of carboxylic acids is 1. The highest BCUT2D eigenvalue weighted by atomic mass is 16.4. The summed E-state index contributed by atoms with van der Waals surface area (Å²) in [5, 5.41) is 9.56. The fraction of sp³-hybridized carbons (Fsp3) is 0.952. The Kier molecular flexibility index (Phi) is 13.5. The molecular formula is C21H42O2. The highest BCUT2D eigenvalue weighted by Gasteiger charge is 2.35. The summed E-state index contributed by atoms with van der Waals surface area (Å²) in [7, 11) is 0. The summed E-state index contributed by atoms with van der Waals surface area (Å²) in [4.78, 5) is 11.6. The van der Waals surface area contributed by atoms with E-state index in [0.717, 1.165) is 12.8 Å². The quantitative estimate of drug-likeness (QED) is 0.304. The molecule has 0 saturated carbocycles. The lowest BCUT2D eigenvalue weighted by atomic mass is 9.73. The van der Waals surface area contributed by atoms with Crippen molar-refractivity contribution in [3.05, 3.63) is 0 Å². The zero-order valence-electron chi connectivity index (χ0n) is 16.3. The van der Waals surface area contributed by atoms with E-state index in [-0.39, 0.29) is 0 Å². The van der Waals surface area contributed by atoms with Gasteiger partial charge in [0.15, 0.2) is 0 Å². The van der Waals surface area contributed by atoms with E-state index in [1.54, 1.807) is 0 Å². The molecule has 0 saturated heterocycles. The van der Waals surface area contributed by atoms with Crippen LogP contribution in [0.2, 0.25) is 0 Å². The van der Waals surface area contributed by atoms with Crippen molar-refractivity contribution in [1.29, 1.82) is 0 Å². The molecule has 0 aromatic heterocycles. The summed E-state index contributed by atoms with van der Waals surface area (Å²) >= 11 is 0. The largest absolute Gasteiger partial charge is 0.481 e. The van der Waals surface area contributed by atoms with E-state index >= 15 is 0 Å².